The Labute approximate surface area is 166 Å². The largest absolute Gasteiger partial charge is 0.463 e. The third kappa shape index (κ3) is 6.41. The fourth-order valence-corrected chi connectivity index (χ4v) is 3.19. The first-order valence-electron chi connectivity index (χ1n) is 7.82. The third-order valence-corrected chi connectivity index (χ3v) is 4.69. The number of thioether (sulfide) groups is 1. The number of esters is 1. The summed E-state index contributed by atoms with van der Waals surface area (Å²) in [6, 6.07) is 12.1. The zero-order valence-corrected chi connectivity index (χ0v) is 16.3. The first-order chi connectivity index (χ1) is 12.5. The molecule has 0 heterocycles. The molecule has 0 radical (unpaired) electrons. The van der Waals surface area contributed by atoms with Crippen molar-refractivity contribution < 1.29 is 14.3 Å². The second-order valence-electron chi connectivity index (χ2n) is 5.07. The molecule has 0 unspecified atom stereocenters. The molecule has 1 N–H and O–H groups in total. The van der Waals surface area contributed by atoms with Crippen LogP contribution in [0.25, 0.3) is 0 Å². The first-order valence-corrected chi connectivity index (χ1v) is 9.56. The maximum atomic E-state index is 12.3. The third-order valence-electron chi connectivity index (χ3n) is 3.17. The Hall–Kier alpha value is -1.95. The highest BCUT2D eigenvalue weighted by molar-refractivity contribution is 7.99. The van der Waals surface area contributed by atoms with Gasteiger partial charge < -0.3 is 10.1 Å². The predicted octanol–water partition coefficient (Wildman–Crippen LogP) is 5.46. The molecule has 4 nitrogen and oxygen atoms in total. The molecule has 2 aromatic rings. The molecule has 2 rings (SSSR count). The fourth-order valence-electron chi connectivity index (χ4n) is 1.99. The van der Waals surface area contributed by atoms with Gasteiger partial charge in [0.2, 0.25) is 0 Å². The van der Waals surface area contributed by atoms with E-state index in [1.165, 1.54) is 12.1 Å². The second-order valence-corrected chi connectivity index (χ2v) is 7.01. The van der Waals surface area contributed by atoms with Gasteiger partial charge in [0.1, 0.15) is 0 Å². The van der Waals surface area contributed by atoms with Crippen LogP contribution in [-0.2, 0) is 9.53 Å². The molecule has 2 aromatic carbocycles. The SMILES string of the molecule is CCOC(=O)/C=C/CSc1ccc(NC(=O)c2ccc(Cl)cc2Cl)cc1. The van der Waals surface area contributed by atoms with Crippen LogP contribution in [0.15, 0.2) is 59.5 Å². The Morgan fingerprint density at radius 2 is 1.88 bits per heavy atom. The molecule has 0 aliphatic carbocycles. The van der Waals surface area contributed by atoms with Gasteiger partial charge in [-0.05, 0) is 49.4 Å². The lowest BCUT2D eigenvalue weighted by atomic mass is 10.2. The van der Waals surface area contributed by atoms with E-state index in [0.717, 1.165) is 4.90 Å². The Morgan fingerprint density at radius 1 is 1.15 bits per heavy atom. The van der Waals surface area contributed by atoms with Crippen LogP contribution in [0.3, 0.4) is 0 Å². The summed E-state index contributed by atoms with van der Waals surface area (Å²) in [5.74, 6) is 0.00159. The summed E-state index contributed by atoms with van der Waals surface area (Å²) < 4.78 is 4.81. The van der Waals surface area contributed by atoms with Crippen molar-refractivity contribution in [3.63, 3.8) is 0 Å². The standard InChI is InChI=1S/C19H17Cl2NO3S/c1-2-25-18(23)4-3-11-26-15-8-6-14(7-9-15)22-19(24)16-10-5-13(20)12-17(16)21/h3-10,12H,2,11H2,1H3,(H,22,24)/b4-3+. The van der Waals surface area contributed by atoms with Crippen LogP contribution in [0, 0.1) is 0 Å². The van der Waals surface area contributed by atoms with Crippen molar-refractivity contribution in [1.29, 1.82) is 0 Å². The van der Waals surface area contributed by atoms with Gasteiger partial charge in [0, 0.05) is 27.4 Å². The van der Waals surface area contributed by atoms with Gasteiger partial charge >= 0.3 is 5.97 Å². The number of ether oxygens (including phenoxy) is 1. The lowest BCUT2D eigenvalue weighted by Gasteiger charge is -2.08. The van der Waals surface area contributed by atoms with E-state index < -0.39 is 0 Å². The van der Waals surface area contributed by atoms with Crippen molar-refractivity contribution in [3.8, 4) is 0 Å². The smallest absolute Gasteiger partial charge is 0.330 e. The molecule has 136 valence electrons. The van der Waals surface area contributed by atoms with Crippen LogP contribution in [0.2, 0.25) is 10.0 Å². The number of carbonyl (C=O) groups is 2. The molecule has 0 saturated heterocycles. The molecule has 0 aromatic heterocycles. The number of hydrogen-bond donors (Lipinski definition) is 1. The van der Waals surface area contributed by atoms with Gasteiger partial charge in [0.15, 0.2) is 0 Å². The van der Waals surface area contributed by atoms with Crippen LogP contribution in [-0.4, -0.2) is 24.2 Å². The molecule has 1 amide bonds. The minimum atomic E-state index is -0.341. The molecule has 26 heavy (non-hydrogen) atoms. The van der Waals surface area contributed by atoms with Crippen molar-refractivity contribution in [2.45, 2.75) is 11.8 Å². The summed E-state index contributed by atoms with van der Waals surface area (Å²) in [6.07, 6.45) is 3.17. The molecular weight excluding hydrogens is 393 g/mol. The highest BCUT2D eigenvalue weighted by Crippen LogP contribution is 2.23. The van der Waals surface area contributed by atoms with E-state index in [9.17, 15) is 9.59 Å². The monoisotopic (exact) mass is 409 g/mol. The van der Waals surface area contributed by atoms with E-state index >= 15 is 0 Å². The van der Waals surface area contributed by atoms with E-state index in [4.69, 9.17) is 27.9 Å². The molecular formula is C19H17Cl2NO3S. The van der Waals surface area contributed by atoms with E-state index in [1.807, 2.05) is 12.1 Å². The normalized spacial score (nSPS) is 10.7. The highest BCUT2D eigenvalue weighted by atomic mass is 35.5. The van der Waals surface area contributed by atoms with Crippen molar-refractivity contribution in [1.82, 2.24) is 0 Å². The average Bonchev–Trinajstić information content (AvgIpc) is 2.60. The van der Waals surface area contributed by atoms with E-state index in [0.29, 0.717) is 33.7 Å². The number of carbonyl (C=O) groups excluding carboxylic acids is 2. The summed E-state index contributed by atoms with van der Waals surface area (Å²) in [6.45, 7) is 2.13. The second kappa shape index (κ2) is 10.3. The molecule has 0 fully saturated rings. The number of rotatable bonds is 7. The van der Waals surface area contributed by atoms with Crippen molar-refractivity contribution in [2.75, 3.05) is 17.7 Å². The fraction of sp³-hybridized carbons (Fsp3) is 0.158. The summed E-state index contributed by atoms with van der Waals surface area (Å²) in [5, 5.41) is 3.57. The number of anilines is 1. The van der Waals surface area contributed by atoms with Crippen molar-refractivity contribution in [2.24, 2.45) is 0 Å². The molecule has 0 aliphatic rings. The van der Waals surface area contributed by atoms with Crippen LogP contribution >= 0.6 is 35.0 Å². The van der Waals surface area contributed by atoms with Crippen LogP contribution < -0.4 is 5.32 Å². The molecule has 0 saturated carbocycles. The Kier molecular flexibility index (Phi) is 8.04. The minimum absolute atomic E-state index is 0.301. The number of amides is 1. The van der Waals surface area contributed by atoms with Gasteiger partial charge in [-0.3, -0.25) is 4.79 Å². The van der Waals surface area contributed by atoms with E-state index in [1.54, 1.807) is 49.0 Å². The summed E-state index contributed by atoms with van der Waals surface area (Å²) >= 11 is 13.4. The number of hydrogen-bond acceptors (Lipinski definition) is 4. The lowest BCUT2D eigenvalue weighted by molar-refractivity contribution is -0.137. The zero-order chi connectivity index (χ0) is 18.9. The van der Waals surface area contributed by atoms with Crippen molar-refractivity contribution >= 4 is 52.5 Å². The van der Waals surface area contributed by atoms with Gasteiger partial charge in [-0.1, -0.05) is 29.3 Å². The maximum absolute atomic E-state index is 12.3. The topological polar surface area (TPSA) is 55.4 Å². The average molecular weight is 410 g/mol. The Morgan fingerprint density at radius 3 is 2.54 bits per heavy atom. The summed E-state index contributed by atoms with van der Waals surface area (Å²) in [4.78, 5) is 24.5. The van der Waals surface area contributed by atoms with Gasteiger partial charge in [0.05, 0.1) is 17.2 Å². The van der Waals surface area contributed by atoms with Crippen LogP contribution in [0.5, 0.6) is 0 Å². The Bertz CT molecular complexity index is 807. The number of benzene rings is 2. The highest BCUT2D eigenvalue weighted by Gasteiger charge is 2.11. The van der Waals surface area contributed by atoms with Gasteiger partial charge in [-0.15, -0.1) is 11.8 Å². The van der Waals surface area contributed by atoms with Crippen molar-refractivity contribution in [3.05, 3.63) is 70.2 Å². The summed E-state index contributed by atoms with van der Waals surface area (Å²) in [7, 11) is 0. The number of nitrogens with one attached hydrogen (secondary N) is 1. The Balaban J connectivity index is 1.89. The van der Waals surface area contributed by atoms with Gasteiger partial charge in [-0.25, -0.2) is 4.79 Å². The van der Waals surface area contributed by atoms with Crippen LogP contribution in [0.4, 0.5) is 5.69 Å². The quantitative estimate of drug-likeness (QED) is 0.374. The van der Waals surface area contributed by atoms with Crippen LogP contribution in [0.1, 0.15) is 17.3 Å². The molecule has 0 spiro atoms. The zero-order valence-electron chi connectivity index (χ0n) is 14.0. The van der Waals surface area contributed by atoms with E-state index in [2.05, 4.69) is 5.32 Å². The van der Waals surface area contributed by atoms with Gasteiger partial charge in [-0.2, -0.15) is 0 Å². The summed E-state index contributed by atoms with van der Waals surface area (Å²) in [5.41, 5.74) is 1.02. The maximum Gasteiger partial charge on any atom is 0.330 e. The first kappa shape index (κ1) is 20.4. The number of halogens is 2. The minimum Gasteiger partial charge on any atom is -0.463 e. The molecule has 0 bridgehead atoms. The van der Waals surface area contributed by atoms with Gasteiger partial charge in [0.25, 0.3) is 5.91 Å². The lowest BCUT2D eigenvalue weighted by Crippen LogP contribution is -2.12. The molecule has 0 atom stereocenters. The predicted molar refractivity (Wildman–Crippen MR) is 107 cm³/mol. The molecule has 0 aliphatic heterocycles. The van der Waals surface area contributed by atoms with E-state index in [-0.39, 0.29) is 11.9 Å². The molecule has 7 heteroatoms.